The van der Waals surface area contributed by atoms with Crippen LogP contribution in [0, 0.1) is 17.0 Å². The molecule has 1 N–H and O–H groups in total. The minimum absolute atomic E-state index is 0.122. The average Bonchev–Trinajstić information content (AvgIpc) is 2.45. The largest absolute Gasteiger partial charge is 0.354 e. The van der Waals surface area contributed by atoms with Gasteiger partial charge >= 0.3 is 5.69 Å². The molecular weight excluding hydrogens is 258 g/mol. The highest BCUT2D eigenvalue weighted by atomic mass is 16.6. The summed E-state index contributed by atoms with van der Waals surface area (Å²) < 4.78 is 0. The van der Waals surface area contributed by atoms with Crippen LogP contribution in [-0.2, 0) is 0 Å². The van der Waals surface area contributed by atoms with Crippen LogP contribution in [0.15, 0.2) is 24.7 Å². The average molecular weight is 273 g/mol. The molecule has 0 aromatic carbocycles. The summed E-state index contributed by atoms with van der Waals surface area (Å²) in [7, 11) is 0. The van der Waals surface area contributed by atoms with E-state index in [0.29, 0.717) is 18.1 Å². The van der Waals surface area contributed by atoms with E-state index in [0.717, 1.165) is 12.0 Å². The molecule has 0 unspecified atom stereocenters. The van der Waals surface area contributed by atoms with Crippen molar-refractivity contribution in [2.75, 3.05) is 11.9 Å². The van der Waals surface area contributed by atoms with Crippen LogP contribution in [0.4, 0.5) is 11.6 Å². The lowest BCUT2D eigenvalue weighted by atomic mass is 10.1. The Kier molecular flexibility index (Phi) is 4.19. The Balaban J connectivity index is 2.53. The molecule has 0 aliphatic rings. The second-order valence-electron chi connectivity index (χ2n) is 4.30. The Hall–Kier alpha value is -2.57. The van der Waals surface area contributed by atoms with Crippen LogP contribution >= 0.6 is 0 Å². The van der Waals surface area contributed by atoms with Crippen LogP contribution in [-0.4, -0.2) is 26.4 Å². The van der Waals surface area contributed by atoms with Gasteiger partial charge in [0, 0.05) is 24.5 Å². The van der Waals surface area contributed by atoms with Crippen molar-refractivity contribution >= 4 is 11.6 Å². The fourth-order valence-corrected chi connectivity index (χ4v) is 1.74. The number of nitrogens with one attached hydrogen (secondary N) is 1. The van der Waals surface area contributed by atoms with Crippen molar-refractivity contribution in [2.45, 2.75) is 20.3 Å². The number of nitrogens with zero attached hydrogens (tertiary/aromatic N) is 4. The van der Waals surface area contributed by atoms with E-state index < -0.39 is 4.92 Å². The lowest BCUT2D eigenvalue weighted by Gasteiger charge is -2.08. The quantitative estimate of drug-likeness (QED) is 0.664. The SMILES string of the molecule is CCCNc1ncc([N+](=O)[O-])c(-c2cnccc2C)n1. The third-order valence-corrected chi connectivity index (χ3v) is 2.79. The van der Waals surface area contributed by atoms with Crippen LogP contribution in [0.3, 0.4) is 0 Å². The lowest BCUT2D eigenvalue weighted by Crippen LogP contribution is -2.06. The van der Waals surface area contributed by atoms with Gasteiger partial charge in [-0.2, -0.15) is 0 Å². The number of aromatic nitrogens is 3. The van der Waals surface area contributed by atoms with Crippen molar-refractivity contribution in [2.24, 2.45) is 0 Å². The number of aryl methyl sites for hydroxylation is 1. The Morgan fingerprint density at radius 2 is 2.20 bits per heavy atom. The molecule has 0 atom stereocenters. The standard InChI is InChI=1S/C13H15N5O2/c1-3-5-15-13-16-8-11(18(19)20)12(17-13)10-7-14-6-4-9(10)2/h4,6-8H,3,5H2,1-2H3,(H,15,16,17). The van der Waals surface area contributed by atoms with Gasteiger partial charge in [-0.1, -0.05) is 6.92 Å². The molecule has 0 aliphatic heterocycles. The molecule has 104 valence electrons. The van der Waals surface area contributed by atoms with Gasteiger partial charge in [-0.25, -0.2) is 9.97 Å². The summed E-state index contributed by atoms with van der Waals surface area (Å²) >= 11 is 0. The zero-order chi connectivity index (χ0) is 14.5. The van der Waals surface area contributed by atoms with Crippen molar-refractivity contribution in [1.29, 1.82) is 0 Å². The topological polar surface area (TPSA) is 93.8 Å². The zero-order valence-corrected chi connectivity index (χ0v) is 11.3. The second kappa shape index (κ2) is 6.05. The molecule has 0 aliphatic carbocycles. The fraction of sp³-hybridized carbons (Fsp3) is 0.308. The number of hydrogen-bond acceptors (Lipinski definition) is 6. The molecule has 2 heterocycles. The smallest absolute Gasteiger partial charge is 0.313 e. The summed E-state index contributed by atoms with van der Waals surface area (Å²) in [4.78, 5) is 22.9. The van der Waals surface area contributed by atoms with Crippen LogP contribution in [0.5, 0.6) is 0 Å². The molecule has 0 saturated heterocycles. The van der Waals surface area contributed by atoms with Crippen molar-refractivity contribution in [3.63, 3.8) is 0 Å². The molecule has 20 heavy (non-hydrogen) atoms. The molecule has 2 aromatic rings. The van der Waals surface area contributed by atoms with Gasteiger partial charge in [0.15, 0.2) is 5.69 Å². The first-order valence-electron chi connectivity index (χ1n) is 6.29. The van der Waals surface area contributed by atoms with E-state index in [-0.39, 0.29) is 11.4 Å². The highest BCUT2D eigenvalue weighted by Crippen LogP contribution is 2.29. The van der Waals surface area contributed by atoms with Crippen LogP contribution in [0.1, 0.15) is 18.9 Å². The van der Waals surface area contributed by atoms with Crippen LogP contribution in [0.2, 0.25) is 0 Å². The third-order valence-electron chi connectivity index (χ3n) is 2.79. The number of nitro groups is 1. The zero-order valence-electron chi connectivity index (χ0n) is 11.3. The molecule has 0 amide bonds. The Morgan fingerprint density at radius 1 is 1.40 bits per heavy atom. The van der Waals surface area contributed by atoms with Gasteiger partial charge < -0.3 is 5.32 Å². The molecule has 0 fully saturated rings. The van der Waals surface area contributed by atoms with Crippen LogP contribution < -0.4 is 5.32 Å². The van der Waals surface area contributed by atoms with E-state index in [1.807, 2.05) is 13.8 Å². The van der Waals surface area contributed by atoms with Gasteiger partial charge in [-0.15, -0.1) is 0 Å². The first-order chi connectivity index (χ1) is 9.63. The van der Waals surface area contributed by atoms with E-state index in [1.165, 1.54) is 6.20 Å². The minimum Gasteiger partial charge on any atom is -0.354 e. The number of pyridine rings is 1. The maximum atomic E-state index is 11.1. The Bertz CT molecular complexity index is 630. The number of hydrogen-bond donors (Lipinski definition) is 1. The maximum Gasteiger partial charge on any atom is 0.313 e. The summed E-state index contributed by atoms with van der Waals surface area (Å²) in [5, 5.41) is 14.1. The fourth-order valence-electron chi connectivity index (χ4n) is 1.74. The van der Waals surface area contributed by atoms with Crippen LogP contribution in [0.25, 0.3) is 11.3 Å². The lowest BCUT2D eigenvalue weighted by molar-refractivity contribution is -0.384. The van der Waals surface area contributed by atoms with Crippen molar-refractivity contribution in [1.82, 2.24) is 15.0 Å². The molecule has 0 saturated carbocycles. The van der Waals surface area contributed by atoms with Gasteiger partial charge in [-0.3, -0.25) is 15.1 Å². The summed E-state index contributed by atoms with van der Waals surface area (Å²) in [6.07, 6.45) is 5.37. The predicted molar refractivity (Wildman–Crippen MR) is 75.4 cm³/mol. The van der Waals surface area contributed by atoms with Gasteiger partial charge in [-0.05, 0) is 25.0 Å². The molecule has 0 radical (unpaired) electrons. The third kappa shape index (κ3) is 2.87. The Labute approximate surface area is 116 Å². The predicted octanol–water partition coefficient (Wildman–Crippen LogP) is 2.58. The van der Waals surface area contributed by atoms with Gasteiger partial charge in [0.2, 0.25) is 5.95 Å². The maximum absolute atomic E-state index is 11.1. The van der Waals surface area contributed by atoms with Gasteiger partial charge in [0.25, 0.3) is 0 Å². The molecule has 0 spiro atoms. The summed E-state index contributed by atoms with van der Waals surface area (Å²) in [5.41, 5.74) is 1.68. The Morgan fingerprint density at radius 3 is 2.85 bits per heavy atom. The summed E-state index contributed by atoms with van der Waals surface area (Å²) in [6.45, 7) is 4.59. The normalized spacial score (nSPS) is 10.3. The molecule has 7 nitrogen and oxygen atoms in total. The molecule has 7 heteroatoms. The first kappa shape index (κ1) is 13.9. The summed E-state index contributed by atoms with van der Waals surface area (Å²) in [5.74, 6) is 0.385. The monoisotopic (exact) mass is 273 g/mol. The molecular formula is C13H15N5O2. The highest BCUT2D eigenvalue weighted by Gasteiger charge is 2.20. The van der Waals surface area contributed by atoms with E-state index >= 15 is 0 Å². The van der Waals surface area contributed by atoms with Gasteiger partial charge in [0.1, 0.15) is 6.20 Å². The van der Waals surface area contributed by atoms with E-state index in [1.54, 1.807) is 18.5 Å². The van der Waals surface area contributed by atoms with E-state index in [9.17, 15) is 10.1 Å². The molecule has 2 rings (SSSR count). The van der Waals surface area contributed by atoms with Crippen molar-refractivity contribution in [3.8, 4) is 11.3 Å². The summed E-state index contributed by atoms with van der Waals surface area (Å²) in [6, 6.07) is 1.79. The number of anilines is 1. The van der Waals surface area contributed by atoms with E-state index in [2.05, 4.69) is 20.3 Å². The second-order valence-corrected chi connectivity index (χ2v) is 4.30. The number of rotatable bonds is 5. The van der Waals surface area contributed by atoms with Crippen molar-refractivity contribution < 1.29 is 4.92 Å². The minimum atomic E-state index is -0.481. The van der Waals surface area contributed by atoms with Crippen molar-refractivity contribution in [3.05, 3.63) is 40.3 Å². The van der Waals surface area contributed by atoms with Gasteiger partial charge in [0.05, 0.1) is 4.92 Å². The molecule has 0 bridgehead atoms. The molecule has 2 aromatic heterocycles. The first-order valence-corrected chi connectivity index (χ1v) is 6.29. The van der Waals surface area contributed by atoms with E-state index in [4.69, 9.17) is 0 Å². The highest BCUT2D eigenvalue weighted by molar-refractivity contribution is 5.71.